The highest BCUT2D eigenvalue weighted by Crippen LogP contribution is 2.56. The Morgan fingerprint density at radius 2 is 1.22 bits per heavy atom. The summed E-state index contributed by atoms with van der Waals surface area (Å²) in [7, 11) is 0. The summed E-state index contributed by atoms with van der Waals surface area (Å²) in [5, 5.41) is 0. The molecule has 0 aromatic heterocycles. The van der Waals surface area contributed by atoms with Crippen molar-refractivity contribution >= 4 is 0 Å². The Morgan fingerprint density at radius 3 is 1.59 bits per heavy atom. The van der Waals surface area contributed by atoms with Crippen LogP contribution in [0.2, 0.25) is 0 Å². The summed E-state index contributed by atoms with van der Waals surface area (Å²) in [6, 6.07) is 0. The van der Waals surface area contributed by atoms with Crippen LogP contribution in [0, 0.1) is 39.9 Å². The Morgan fingerprint density at radius 1 is 0.741 bits per heavy atom. The molecule has 0 heterocycles. The standard InChI is InChI=1S/C27H54/c1-11-16-27(13-3,17-14-15-21(4)12-2)24-19-22(25(5,6)7)18-23(20-24)26(8,9)10/h21-24H,11-20H2,1-10H3/t21-,22?,23?,24?,27?/m1/s1. The maximum absolute atomic E-state index is 2.51. The molecule has 1 fully saturated rings. The quantitative estimate of drug-likeness (QED) is 0.374. The molecular formula is C27H54. The van der Waals surface area contributed by atoms with E-state index >= 15 is 0 Å². The van der Waals surface area contributed by atoms with Gasteiger partial charge in [0.1, 0.15) is 0 Å². The summed E-state index contributed by atoms with van der Waals surface area (Å²) in [5.74, 6) is 3.61. The fourth-order valence-electron chi connectivity index (χ4n) is 5.91. The van der Waals surface area contributed by atoms with Crippen LogP contribution in [0.5, 0.6) is 0 Å². The second kappa shape index (κ2) is 10.2. The van der Waals surface area contributed by atoms with Gasteiger partial charge in [-0.1, -0.05) is 101 Å². The average molecular weight is 379 g/mol. The molecule has 0 spiro atoms. The van der Waals surface area contributed by atoms with Gasteiger partial charge in [0.2, 0.25) is 0 Å². The van der Waals surface area contributed by atoms with Gasteiger partial charge in [-0.05, 0) is 72.0 Å². The summed E-state index contributed by atoms with van der Waals surface area (Å²) in [5.41, 5.74) is 1.49. The van der Waals surface area contributed by atoms with E-state index in [0.29, 0.717) is 16.2 Å². The van der Waals surface area contributed by atoms with E-state index in [-0.39, 0.29) is 0 Å². The number of rotatable bonds is 9. The lowest BCUT2D eigenvalue weighted by molar-refractivity contribution is -0.0189. The molecule has 0 nitrogen and oxygen atoms in total. The normalized spacial score (nSPS) is 28.0. The lowest BCUT2D eigenvalue weighted by Crippen LogP contribution is -2.42. The fourth-order valence-corrected chi connectivity index (χ4v) is 5.91. The van der Waals surface area contributed by atoms with Gasteiger partial charge in [0, 0.05) is 0 Å². The van der Waals surface area contributed by atoms with Crippen LogP contribution in [0.4, 0.5) is 0 Å². The van der Waals surface area contributed by atoms with Crippen LogP contribution >= 0.6 is 0 Å². The van der Waals surface area contributed by atoms with Gasteiger partial charge in [-0.3, -0.25) is 0 Å². The first-order chi connectivity index (χ1) is 12.4. The second-order valence-electron chi connectivity index (χ2n) is 12.4. The molecule has 162 valence electrons. The fraction of sp³-hybridized carbons (Fsp3) is 1.00. The second-order valence-corrected chi connectivity index (χ2v) is 12.4. The highest BCUT2D eigenvalue weighted by molar-refractivity contribution is 4.96. The Kier molecular flexibility index (Phi) is 9.42. The van der Waals surface area contributed by atoms with E-state index in [1.807, 2.05) is 0 Å². The van der Waals surface area contributed by atoms with Crippen molar-refractivity contribution in [2.24, 2.45) is 39.9 Å². The summed E-state index contributed by atoms with van der Waals surface area (Å²) in [6.45, 7) is 24.7. The summed E-state index contributed by atoms with van der Waals surface area (Å²) in [4.78, 5) is 0. The van der Waals surface area contributed by atoms with Crippen molar-refractivity contribution in [3.05, 3.63) is 0 Å². The van der Waals surface area contributed by atoms with E-state index < -0.39 is 0 Å². The van der Waals surface area contributed by atoms with Crippen molar-refractivity contribution in [3.63, 3.8) is 0 Å². The Balaban J connectivity index is 3.08. The van der Waals surface area contributed by atoms with Crippen LogP contribution in [0.1, 0.15) is 133 Å². The van der Waals surface area contributed by atoms with E-state index in [4.69, 9.17) is 0 Å². The molecular weight excluding hydrogens is 324 g/mol. The van der Waals surface area contributed by atoms with Crippen molar-refractivity contribution in [1.29, 1.82) is 0 Å². The largest absolute Gasteiger partial charge is 0.0654 e. The molecule has 1 saturated carbocycles. The zero-order valence-corrected chi connectivity index (χ0v) is 20.9. The predicted octanol–water partition coefficient (Wildman–Crippen LogP) is 9.52. The Hall–Kier alpha value is 0. The smallest absolute Gasteiger partial charge is 0.0272 e. The van der Waals surface area contributed by atoms with Gasteiger partial charge in [-0.15, -0.1) is 0 Å². The van der Waals surface area contributed by atoms with Crippen molar-refractivity contribution < 1.29 is 0 Å². The van der Waals surface area contributed by atoms with Crippen LogP contribution in [0.15, 0.2) is 0 Å². The van der Waals surface area contributed by atoms with Crippen LogP contribution in [0.25, 0.3) is 0 Å². The van der Waals surface area contributed by atoms with E-state index in [1.54, 1.807) is 0 Å². The van der Waals surface area contributed by atoms with E-state index in [2.05, 4.69) is 69.2 Å². The van der Waals surface area contributed by atoms with Crippen LogP contribution < -0.4 is 0 Å². The van der Waals surface area contributed by atoms with E-state index in [0.717, 1.165) is 23.7 Å². The van der Waals surface area contributed by atoms with Crippen LogP contribution in [-0.4, -0.2) is 0 Å². The Bertz CT molecular complexity index is 385. The van der Waals surface area contributed by atoms with Gasteiger partial charge in [-0.2, -0.15) is 0 Å². The number of hydrogen-bond donors (Lipinski definition) is 0. The van der Waals surface area contributed by atoms with Gasteiger partial charge in [0.05, 0.1) is 0 Å². The molecule has 1 aliphatic rings. The van der Waals surface area contributed by atoms with Gasteiger partial charge in [0.15, 0.2) is 0 Å². The van der Waals surface area contributed by atoms with Crippen molar-refractivity contribution in [2.45, 2.75) is 133 Å². The molecule has 0 amide bonds. The molecule has 0 N–H and O–H groups in total. The molecule has 0 saturated heterocycles. The minimum atomic E-state index is 0.449. The van der Waals surface area contributed by atoms with Crippen LogP contribution in [0.3, 0.4) is 0 Å². The minimum absolute atomic E-state index is 0.449. The summed E-state index contributed by atoms with van der Waals surface area (Å²) in [6.07, 6.45) is 14.3. The van der Waals surface area contributed by atoms with Gasteiger partial charge >= 0.3 is 0 Å². The van der Waals surface area contributed by atoms with E-state index in [1.165, 1.54) is 64.2 Å². The SMILES string of the molecule is CCCC(CC)(CCC[C@H](C)CC)C1CC(C(C)(C)C)CC(C(C)(C)C)C1. The molecule has 4 atom stereocenters. The molecule has 0 aromatic rings. The van der Waals surface area contributed by atoms with Crippen LogP contribution in [-0.2, 0) is 0 Å². The molecule has 0 radical (unpaired) electrons. The lowest BCUT2D eigenvalue weighted by atomic mass is 9.53. The third-order valence-electron chi connectivity index (χ3n) is 8.54. The number of hydrogen-bond acceptors (Lipinski definition) is 0. The van der Waals surface area contributed by atoms with Crippen molar-refractivity contribution in [1.82, 2.24) is 0 Å². The molecule has 1 rings (SSSR count). The average Bonchev–Trinajstić information content (AvgIpc) is 2.58. The highest BCUT2D eigenvalue weighted by atomic mass is 14.5. The summed E-state index contributed by atoms with van der Waals surface area (Å²) < 4.78 is 0. The van der Waals surface area contributed by atoms with Crippen molar-refractivity contribution in [3.8, 4) is 0 Å². The first-order valence-corrected chi connectivity index (χ1v) is 12.4. The predicted molar refractivity (Wildman–Crippen MR) is 124 cm³/mol. The lowest BCUT2D eigenvalue weighted by Gasteiger charge is -2.52. The van der Waals surface area contributed by atoms with E-state index in [9.17, 15) is 0 Å². The minimum Gasteiger partial charge on any atom is -0.0654 e. The topological polar surface area (TPSA) is 0 Å². The monoisotopic (exact) mass is 378 g/mol. The molecule has 0 heteroatoms. The maximum atomic E-state index is 2.51. The molecule has 27 heavy (non-hydrogen) atoms. The zero-order chi connectivity index (χ0) is 20.9. The third-order valence-corrected chi connectivity index (χ3v) is 8.54. The highest BCUT2D eigenvalue weighted by Gasteiger charge is 2.46. The molecule has 0 bridgehead atoms. The third kappa shape index (κ3) is 7.08. The Labute approximate surface area is 173 Å². The summed E-state index contributed by atoms with van der Waals surface area (Å²) >= 11 is 0. The molecule has 0 aliphatic heterocycles. The van der Waals surface area contributed by atoms with Crippen molar-refractivity contribution in [2.75, 3.05) is 0 Å². The maximum Gasteiger partial charge on any atom is -0.0272 e. The molecule has 0 aromatic carbocycles. The van der Waals surface area contributed by atoms with Gasteiger partial charge in [-0.25, -0.2) is 0 Å². The van der Waals surface area contributed by atoms with Gasteiger partial charge in [0.25, 0.3) is 0 Å². The first-order valence-electron chi connectivity index (χ1n) is 12.4. The van der Waals surface area contributed by atoms with Gasteiger partial charge < -0.3 is 0 Å². The first kappa shape index (κ1) is 25.0. The molecule has 1 aliphatic carbocycles. The molecule has 3 unspecified atom stereocenters. The zero-order valence-electron chi connectivity index (χ0n) is 20.9.